The summed E-state index contributed by atoms with van der Waals surface area (Å²) in [6, 6.07) is 6.87. The van der Waals surface area contributed by atoms with Gasteiger partial charge in [-0.2, -0.15) is 0 Å². The van der Waals surface area contributed by atoms with E-state index in [-0.39, 0.29) is 6.04 Å². The summed E-state index contributed by atoms with van der Waals surface area (Å²) in [5.74, 6) is 0.330. The van der Waals surface area contributed by atoms with E-state index in [9.17, 15) is 4.79 Å². The van der Waals surface area contributed by atoms with E-state index in [1.807, 2.05) is 0 Å². The summed E-state index contributed by atoms with van der Waals surface area (Å²) in [5, 5.41) is 1.35. The number of piperidine rings is 1. The molecule has 1 aromatic carbocycles. The third-order valence-electron chi connectivity index (χ3n) is 4.60. The molecule has 3 heteroatoms. The number of aromatic nitrogens is 1. The van der Waals surface area contributed by atoms with E-state index >= 15 is 0 Å². The van der Waals surface area contributed by atoms with Crippen molar-refractivity contribution in [3.8, 4) is 0 Å². The molecular formula is C16H18N2O. The Bertz CT molecular complexity index is 671. The molecule has 1 amide bonds. The molecule has 3 heterocycles. The third kappa shape index (κ3) is 1.54. The monoisotopic (exact) mass is 254 g/mol. The molecule has 0 bridgehead atoms. The van der Waals surface area contributed by atoms with Gasteiger partial charge in [0.05, 0.1) is 6.04 Å². The Morgan fingerprint density at radius 2 is 2.21 bits per heavy atom. The number of nitrogens with one attached hydrogen (secondary N) is 1. The van der Waals surface area contributed by atoms with Gasteiger partial charge in [0.25, 0.3) is 0 Å². The van der Waals surface area contributed by atoms with Crippen molar-refractivity contribution in [3.63, 3.8) is 0 Å². The summed E-state index contributed by atoms with van der Waals surface area (Å²) >= 11 is 0. The number of nitrogens with zero attached hydrogens (tertiary/aromatic N) is 1. The highest BCUT2D eigenvalue weighted by atomic mass is 16.2. The Kier molecular flexibility index (Phi) is 2.25. The van der Waals surface area contributed by atoms with Gasteiger partial charge < -0.3 is 9.88 Å². The average Bonchev–Trinajstić information content (AvgIpc) is 2.77. The van der Waals surface area contributed by atoms with Gasteiger partial charge in [-0.25, -0.2) is 0 Å². The molecule has 1 saturated heterocycles. The van der Waals surface area contributed by atoms with E-state index in [2.05, 4.69) is 35.0 Å². The number of H-pyrrole nitrogens is 1. The number of carbonyl (C=O) groups is 1. The van der Waals surface area contributed by atoms with Crippen molar-refractivity contribution >= 4 is 16.8 Å². The molecule has 0 spiro atoms. The fraction of sp³-hybridized carbons (Fsp3) is 0.438. The van der Waals surface area contributed by atoms with Crippen LogP contribution < -0.4 is 0 Å². The number of carbonyl (C=O) groups excluding carboxylic acids is 1. The second-order valence-electron chi connectivity index (χ2n) is 5.81. The molecule has 2 aliphatic heterocycles. The smallest absolute Gasteiger partial charge is 0.223 e. The molecule has 0 unspecified atom stereocenters. The molecule has 0 radical (unpaired) electrons. The number of aryl methyl sites for hydroxylation is 1. The van der Waals surface area contributed by atoms with Gasteiger partial charge in [-0.1, -0.05) is 11.6 Å². The predicted octanol–water partition coefficient (Wildman–Crippen LogP) is 3.09. The molecule has 1 aromatic heterocycles. The number of hydrogen-bond donors (Lipinski definition) is 1. The first kappa shape index (κ1) is 11.1. The van der Waals surface area contributed by atoms with Gasteiger partial charge in [-0.3, -0.25) is 4.79 Å². The highest BCUT2D eigenvalue weighted by Crippen LogP contribution is 2.39. The van der Waals surface area contributed by atoms with Crippen LogP contribution in [0, 0.1) is 6.92 Å². The summed E-state index contributed by atoms with van der Waals surface area (Å²) in [7, 11) is 0. The van der Waals surface area contributed by atoms with Crippen LogP contribution in [-0.4, -0.2) is 22.3 Å². The molecule has 1 N–H and O–H groups in total. The fourth-order valence-electron chi connectivity index (χ4n) is 3.67. The van der Waals surface area contributed by atoms with Crippen LogP contribution in [0.4, 0.5) is 0 Å². The highest BCUT2D eigenvalue weighted by Gasteiger charge is 2.35. The van der Waals surface area contributed by atoms with Crippen LogP contribution in [0.1, 0.15) is 42.1 Å². The molecule has 1 fully saturated rings. The minimum Gasteiger partial charge on any atom is -0.356 e. The zero-order valence-electron chi connectivity index (χ0n) is 11.2. The minimum absolute atomic E-state index is 0.290. The first-order valence-corrected chi connectivity index (χ1v) is 7.14. The highest BCUT2D eigenvalue weighted by molar-refractivity contribution is 5.87. The lowest BCUT2D eigenvalue weighted by Gasteiger charge is -2.39. The van der Waals surface area contributed by atoms with Crippen LogP contribution in [0.5, 0.6) is 0 Å². The number of benzene rings is 1. The largest absolute Gasteiger partial charge is 0.356 e. The van der Waals surface area contributed by atoms with Crippen LogP contribution in [0.25, 0.3) is 10.9 Å². The van der Waals surface area contributed by atoms with E-state index in [1.165, 1.54) is 27.7 Å². The predicted molar refractivity (Wildman–Crippen MR) is 75.0 cm³/mol. The Morgan fingerprint density at radius 3 is 3.11 bits per heavy atom. The van der Waals surface area contributed by atoms with E-state index in [1.54, 1.807) is 0 Å². The molecule has 0 saturated carbocycles. The lowest BCUT2D eigenvalue weighted by Crippen LogP contribution is -2.42. The Hall–Kier alpha value is -1.77. The summed E-state index contributed by atoms with van der Waals surface area (Å²) in [6.07, 6.45) is 3.84. The quantitative estimate of drug-likeness (QED) is 0.770. The number of aromatic amines is 1. The first-order chi connectivity index (χ1) is 9.24. The number of hydrogen-bond acceptors (Lipinski definition) is 1. The molecule has 98 valence electrons. The van der Waals surface area contributed by atoms with Gasteiger partial charge in [0, 0.05) is 29.6 Å². The van der Waals surface area contributed by atoms with Gasteiger partial charge in [-0.15, -0.1) is 0 Å². The maximum Gasteiger partial charge on any atom is 0.223 e. The van der Waals surface area contributed by atoms with Crippen LogP contribution in [0.3, 0.4) is 0 Å². The van der Waals surface area contributed by atoms with Gasteiger partial charge in [0.15, 0.2) is 0 Å². The molecule has 3 nitrogen and oxygen atoms in total. The molecule has 2 aliphatic rings. The van der Waals surface area contributed by atoms with Crippen molar-refractivity contribution in [2.24, 2.45) is 0 Å². The van der Waals surface area contributed by atoms with Crippen LogP contribution in [-0.2, 0) is 11.2 Å². The lowest BCUT2D eigenvalue weighted by atomic mass is 9.90. The third-order valence-corrected chi connectivity index (χ3v) is 4.60. The average molecular weight is 254 g/mol. The summed E-state index contributed by atoms with van der Waals surface area (Å²) in [5.41, 5.74) is 5.25. The zero-order valence-corrected chi connectivity index (χ0v) is 11.2. The van der Waals surface area contributed by atoms with Crippen molar-refractivity contribution in [3.05, 3.63) is 35.0 Å². The standard InChI is InChI=1S/C16H18N2O/c1-10-5-6-13-12(9-10)11-7-8-18-14(16(11)17-13)3-2-4-15(18)19/h5-6,9,14,17H,2-4,7-8H2,1H3/t14-/m1/s1. The zero-order chi connectivity index (χ0) is 13.0. The Labute approximate surface area is 112 Å². The van der Waals surface area contributed by atoms with E-state index in [4.69, 9.17) is 0 Å². The first-order valence-electron chi connectivity index (χ1n) is 7.14. The van der Waals surface area contributed by atoms with Crippen LogP contribution in [0.2, 0.25) is 0 Å². The van der Waals surface area contributed by atoms with Crippen molar-refractivity contribution in [1.82, 2.24) is 9.88 Å². The molecule has 19 heavy (non-hydrogen) atoms. The number of rotatable bonds is 0. The molecule has 1 atom stereocenters. The maximum atomic E-state index is 12.0. The Morgan fingerprint density at radius 1 is 1.32 bits per heavy atom. The van der Waals surface area contributed by atoms with Gasteiger partial charge in [0.2, 0.25) is 5.91 Å². The van der Waals surface area contributed by atoms with Gasteiger partial charge in [0.1, 0.15) is 0 Å². The second-order valence-corrected chi connectivity index (χ2v) is 5.81. The number of fused-ring (bicyclic) bond motifs is 5. The van der Waals surface area contributed by atoms with E-state index in [0.29, 0.717) is 5.91 Å². The van der Waals surface area contributed by atoms with Crippen molar-refractivity contribution in [2.45, 2.75) is 38.6 Å². The van der Waals surface area contributed by atoms with Crippen molar-refractivity contribution in [1.29, 1.82) is 0 Å². The summed E-state index contributed by atoms with van der Waals surface area (Å²) in [6.45, 7) is 3.02. The van der Waals surface area contributed by atoms with E-state index < -0.39 is 0 Å². The van der Waals surface area contributed by atoms with Gasteiger partial charge in [-0.05, 0) is 43.9 Å². The molecular weight excluding hydrogens is 236 g/mol. The second kappa shape index (κ2) is 3.86. The molecule has 2 aromatic rings. The topological polar surface area (TPSA) is 36.1 Å². The number of amides is 1. The molecule has 4 rings (SSSR count). The summed E-state index contributed by atoms with van der Waals surface area (Å²) in [4.78, 5) is 17.7. The van der Waals surface area contributed by atoms with Crippen molar-refractivity contribution in [2.75, 3.05) is 6.54 Å². The SMILES string of the molecule is Cc1ccc2[nH]c3c(c2c1)CCN1C(=O)CCC[C@H]31. The van der Waals surface area contributed by atoms with E-state index in [0.717, 1.165) is 32.2 Å². The van der Waals surface area contributed by atoms with Crippen LogP contribution >= 0.6 is 0 Å². The Balaban J connectivity index is 1.89. The summed E-state index contributed by atoms with van der Waals surface area (Å²) < 4.78 is 0. The van der Waals surface area contributed by atoms with Crippen LogP contribution in [0.15, 0.2) is 18.2 Å². The fourth-order valence-corrected chi connectivity index (χ4v) is 3.67. The van der Waals surface area contributed by atoms with Crippen molar-refractivity contribution < 1.29 is 4.79 Å². The maximum absolute atomic E-state index is 12.0. The minimum atomic E-state index is 0.290. The molecule has 0 aliphatic carbocycles. The normalized spacial score (nSPS) is 22.5. The van der Waals surface area contributed by atoms with Gasteiger partial charge >= 0.3 is 0 Å². The lowest BCUT2D eigenvalue weighted by molar-refractivity contribution is -0.137.